The molecule has 1 aromatic heterocycles. The molecule has 0 atom stereocenters. The maximum Gasteiger partial charge on any atom is 0.229 e. The van der Waals surface area contributed by atoms with Crippen molar-refractivity contribution < 1.29 is 9.53 Å². The maximum atomic E-state index is 12.3. The van der Waals surface area contributed by atoms with Gasteiger partial charge in [0.25, 0.3) is 0 Å². The first kappa shape index (κ1) is 17.5. The van der Waals surface area contributed by atoms with Crippen molar-refractivity contribution in [3.05, 3.63) is 71.6 Å². The van der Waals surface area contributed by atoms with Crippen molar-refractivity contribution in [3.8, 4) is 11.5 Å². The van der Waals surface area contributed by atoms with E-state index in [1.54, 1.807) is 41.4 Å². The molecule has 27 heavy (non-hydrogen) atoms. The van der Waals surface area contributed by atoms with Gasteiger partial charge in [0.15, 0.2) is 0 Å². The number of rotatable bonds is 5. The Bertz CT molecular complexity index is 954. The molecule has 1 heterocycles. The molecule has 0 N–H and O–H groups in total. The Kier molecular flexibility index (Phi) is 4.77. The number of ether oxygens (including phenoxy) is 1. The average Bonchev–Trinajstić information content (AvgIpc) is 3.51. The largest absolute Gasteiger partial charge is 0.457 e. The number of halogens is 1. The van der Waals surface area contributed by atoms with Crippen molar-refractivity contribution in [1.29, 1.82) is 0 Å². The molecule has 4 rings (SSSR count). The van der Waals surface area contributed by atoms with Crippen LogP contribution in [0.5, 0.6) is 11.5 Å². The summed E-state index contributed by atoms with van der Waals surface area (Å²) in [5, 5.41) is 0.658. The van der Waals surface area contributed by atoms with Gasteiger partial charge in [-0.15, -0.1) is 0 Å². The Labute approximate surface area is 162 Å². The number of amides is 1. The van der Waals surface area contributed by atoms with E-state index in [0.29, 0.717) is 28.3 Å². The van der Waals surface area contributed by atoms with Crippen LogP contribution in [0, 0.1) is 0 Å². The quantitative estimate of drug-likeness (QED) is 0.588. The van der Waals surface area contributed by atoms with Crippen molar-refractivity contribution in [3.63, 3.8) is 0 Å². The minimum Gasteiger partial charge on any atom is -0.457 e. The first-order chi connectivity index (χ1) is 13.1. The highest BCUT2D eigenvalue weighted by molar-refractivity contribution is 6.30. The van der Waals surface area contributed by atoms with Crippen LogP contribution in [0.4, 0.5) is 11.5 Å². The molecule has 0 saturated heterocycles. The van der Waals surface area contributed by atoms with E-state index in [0.717, 1.165) is 24.4 Å². The van der Waals surface area contributed by atoms with Gasteiger partial charge in [-0.05, 0) is 67.4 Å². The van der Waals surface area contributed by atoms with E-state index in [1.807, 2.05) is 24.3 Å². The summed E-state index contributed by atoms with van der Waals surface area (Å²) in [5.74, 6) is 3.08. The monoisotopic (exact) mass is 379 g/mol. The molecular formula is C21H18ClN3O2. The normalized spacial score (nSPS) is 13.3. The maximum absolute atomic E-state index is 12.3. The van der Waals surface area contributed by atoms with Gasteiger partial charge in [0.2, 0.25) is 5.91 Å². The highest BCUT2D eigenvalue weighted by Gasteiger charge is 2.27. The van der Waals surface area contributed by atoms with E-state index in [-0.39, 0.29) is 5.91 Å². The summed E-state index contributed by atoms with van der Waals surface area (Å²) >= 11 is 5.89. The summed E-state index contributed by atoms with van der Waals surface area (Å²) in [5.41, 5.74) is 0.728. The third-order valence-electron chi connectivity index (χ3n) is 4.29. The van der Waals surface area contributed by atoms with E-state index < -0.39 is 0 Å². The van der Waals surface area contributed by atoms with Gasteiger partial charge in [-0.1, -0.05) is 11.6 Å². The third-order valence-corrected chi connectivity index (χ3v) is 4.54. The van der Waals surface area contributed by atoms with Crippen molar-refractivity contribution in [2.24, 2.45) is 0 Å². The molecule has 6 heteroatoms. The Balaban J connectivity index is 1.57. The van der Waals surface area contributed by atoms with Gasteiger partial charge in [0.05, 0.1) is 5.69 Å². The number of carbonyl (C=O) groups excluding carboxylic acids is 1. The molecular weight excluding hydrogens is 362 g/mol. The van der Waals surface area contributed by atoms with E-state index >= 15 is 0 Å². The van der Waals surface area contributed by atoms with Crippen LogP contribution in [0.1, 0.15) is 31.5 Å². The van der Waals surface area contributed by atoms with Crippen molar-refractivity contribution in [2.45, 2.75) is 25.7 Å². The standard InChI is InChI=1S/C21H18ClN3O2/c1-14(26)25(20-12-13-23-21(24-20)15-2-3-15)17-6-10-19(11-7-17)27-18-8-4-16(22)5-9-18/h4-13,15H,2-3H2,1H3. The number of anilines is 2. The Morgan fingerprint density at radius 2 is 1.67 bits per heavy atom. The number of hydrogen-bond donors (Lipinski definition) is 0. The second-order valence-corrected chi connectivity index (χ2v) is 6.89. The molecule has 0 spiro atoms. The van der Waals surface area contributed by atoms with Gasteiger partial charge >= 0.3 is 0 Å². The van der Waals surface area contributed by atoms with Crippen LogP contribution in [0.3, 0.4) is 0 Å². The average molecular weight is 380 g/mol. The van der Waals surface area contributed by atoms with Crippen LogP contribution in [-0.4, -0.2) is 15.9 Å². The number of benzene rings is 2. The summed E-state index contributed by atoms with van der Waals surface area (Å²) in [6.45, 7) is 1.52. The number of nitrogens with zero attached hydrogens (tertiary/aromatic N) is 3. The molecule has 136 valence electrons. The molecule has 0 bridgehead atoms. The fourth-order valence-electron chi connectivity index (χ4n) is 2.80. The molecule has 1 amide bonds. The Hall–Kier alpha value is -2.92. The molecule has 2 aromatic carbocycles. The highest BCUT2D eigenvalue weighted by Crippen LogP contribution is 2.38. The molecule has 1 fully saturated rings. The smallest absolute Gasteiger partial charge is 0.229 e. The zero-order valence-electron chi connectivity index (χ0n) is 14.8. The van der Waals surface area contributed by atoms with Crippen LogP contribution in [-0.2, 0) is 4.79 Å². The number of carbonyl (C=O) groups is 1. The lowest BCUT2D eigenvalue weighted by Crippen LogP contribution is -2.24. The zero-order chi connectivity index (χ0) is 18.8. The summed E-state index contributed by atoms with van der Waals surface area (Å²) in [4.78, 5) is 22.8. The van der Waals surface area contributed by atoms with E-state index in [1.165, 1.54) is 6.92 Å². The predicted molar refractivity (Wildman–Crippen MR) is 105 cm³/mol. The molecule has 1 aliphatic rings. The minimum atomic E-state index is -0.109. The minimum absolute atomic E-state index is 0.109. The van der Waals surface area contributed by atoms with Gasteiger partial charge < -0.3 is 4.74 Å². The van der Waals surface area contributed by atoms with Crippen LogP contribution in [0.15, 0.2) is 60.8 Å². The summed E-state index contributed by atoms with van der Waals surface area (Å²) in [6, 6.07) is 16.2. The molecule has 0 aliphatic heterocycles. The number of hydrogen-bond acceptors (Lipinski definition) is 4. The molecule has 3 aromatic rings. The van der Waals surface area contributed by atoms with Crippen molar-refractivity contribution in [1.82, 2.24) is 9.97 Å². The fourth-order valence-corrected chi connectivity index (χ4v) is 2.93. The first-order valence-corrected chi connectivity index (χ1v) is 9.15. The van der Waals surface area contributed by atoms with Gasteiger partial charge in [-0.2, -0.15) is 0 Å². The third kappa shape index (κ3) is 4.09. The lowest BCUT2D eigenvalue weighted by molar-refractivity contribution is -0.115. The van der Waals surface area contributed by atoms with Gasteiger partial charge in [-0.3, -0.25) is 9.69 Å². The summed E-state index contributed by atoms with van der Waals surface area (Å²) in [7, 11) is 0. The van der Waals surface area contributed by atoms with Crippen molar-refractivity contribution in [2.75, 3.05) is 4.90 Å². The topological polar surface area (TPSA) is 55.3 Å². The van der Waals surface area contributed by atoms with Gasteiger partial charge in [-0.25, -0.2) is 9.97 Å². The lowest BCUT2D eigenvalue weighted by Gasteiger charge is -2.21. The fraction of sp³-hybridized carbons (Fsp3) is 0.190. The molecule has 1 saturated carbocycles. The Morgan fingerprint density at radius 1 is 1.04 bits per heavy atom. The first-order valence-electron chi connectivity index (χ1n) is 8.77. The SMILES string of the molecule is CC(=O)N(c1ccc(Oc2ccc(Cl)cc2)cc1)c1ccnc(C2CC2)n1. The van der Waals surface area contributed by atoms with Gasteiger partial charge in [0.1, 0.15) is 23.1 Å². The van der Waals surface area contributed by atoms with Crippen LogP contribution in [0.2, 0.25) is 5.02 Å². The van der Waals surface area contributed by atoms with Crippen molar-refractivity contribution >= 4 is 29.0 Å². The molecule has 0 radical (unpaired) electrons. The lowest BCUT2D eigenvalue weighted by atomic mass is 10.2. The number of aromatic nitrogens is 2. The molecule has 0 unspecified atom stereocenters. The zero-order valence-corrected chi connectivity index (χ0v) is 15.6. The molecule has 1 aliphatic carbocycles. The summed E-state index contributed by atoms with van der Waals surface area (Å²) < 4.78 is 5.81. The van der Waals surface area contributed by atoms with Crippen LogP contribution >= 0.6 is 11.6 Å². The Morgan fingerprint density at radius 3 is 2.26 bits per heavy atom. The van der Waals surface area contributed by atoms with Crippen LogP contribution in [0.25, 0.3) is 0 Å². The van der Waals surface area contributed by atoms with E-state index in [4.69, 9.17) is 16.3 Å². The molecule has 5 nitrogen and oxygen atoms in total. The van der Waals surface area contributed by atoms with E-state index in [9.17, 15) is 4.79 Å². The summed E-state index contributed by atoms with van der Waals surface area (Å²) in [6.07, 6.45) is 3.93. The van der Waals surface area contributed by atoms with Crippen LogP contribution < -0.4 is 9.64 Å². The predicted octanol–water partition coefficient (Wildman–Crippen LogP) is 5.48. The van der Waals surface area contributed by atoms with E-state index in [2.05, 4.69) is 9.97 Å². The highest BCUT2D eigenvalue weighted by atomic mass is 35.5. The van der Waals surface area contributed by atoms with Gasteiger partial charge in [0, 0.05) is 24.1 Å². The second-order valence-electron chi connectivity index (χ2n) is 6.45. The second kappa shape index (κ2) is 7.37.